The highest BCUT2D eigenvalue weighted by atomic mass is 35.5. The van der Waals surface area contributed by atoms with Gasteiger partial charge in [-0.25, -0.2) is 0 Å². The second kappa shape index (κ2) is 9.82. The topological polar surface area (TPSA) is 35.6 Å². The maximum absolute atomic E-state index is 12.2. The molecule has 2 fully saturated rings. The van der Waals surface area contributed by atoms with Gasteiger partial charge in [-0.1, -0.05) is 6.92 Å². The number of nitrogens with one attached hydrogen (secondary N) is 1. The first kappa shape index (κ1) is 20.0. The fraction of sp³-hybridized carbons (Fsp3) is 0.929. The van der Waals surface area contributed by atoms with Crippen LogP contribution in [0.2, 0.25) is 0 Å². The Kier molecular flexibility index (Phi) is 9.81. The number of hydrogen-bond donors (Lipinski definition) is 1. The molecule has 0 radical (unpaired) electrons. The minimum atomic E-state index is 0. The lowest BCUT2D eigenvalue weighted by Gasteiger charge is -2.21. The van der Waals surface area contributed by atoms with Gasteiger partial charge in [0.1, 0.15) is 0 Å². The lowest BCUT2D eigenvalue weighted by molar-refractivity contribution is -0.130. The van der Waals surface area contributed by atoms with Gasteiger partial charge in [0.25, 0.3) is 0 Å². The summed E-state index contributed by atoms with van der Waals surface area (Å²) in [5, 5.41) is 3.41. The van der Waals surface area contributed by atoms with Crippen molar-refractivity contribution in [3.8, 4) is 0 Å². The van der Waals surface area contributed by atoms with E-state index >= 15 is 0 Å². The summed E-state index contributed by atoms with van der Waals surface area (Å²) in [6.45, 7) is 7.42. The van der Waals surface area contributed by atoms with Crippen molar-refractivity contribution < 1.29 is 4.79 Å². The smallest absolute Gasteiger partial charge is 0.224 e. The van der Waals surface area contributed by atoms with Gasteiger partial charge >= 0.3 is 0 Å². The molecule has 0 aromatic heterocycles. The zero-order valence-corrected chi connectivity index (χ0v) is 14.3. The van der Waals surface area contributed by atoms with E-state index in [1.54, 1.807) is 0 Å². The zero-order valence-electron chi connectivity index (χ0n) is 12.6. The second-order valence-corrected chi connectivity index (χ2v) is 5.85. The van der Waals surface area contributed by atoms with Crippen LogP contribution in [-0.4, -0.2) is 61.5 Å². The Bertz CT molecular complexity index is 286. The Morgan fingerprint density at radius 3 is 2.70 bits per heavy atom. The van der Waals surface area contributed by atoms with Crippen molar-refractivity contribution in [1.82, 2.24) is 15.1 Å². The van der Waals surface area contributed by atoms with Gasteiger partial charge in [-0.2, -0.15) is 0 Å². The van der Waals surface area contributed by atoms with E-state index < -0.39 is 0 Å². The quantitative estimate of drug-likeness (QED) is 0.836. The van der Waals surface area contributed by atoms with E-state index in [1.807, 2.05) is 0 Å². The molecule has 2 saturated heterocycles. The van der Waals surface area contributed by atoms with Crippen LogP contribution in [0.1, 0.15) is 32.6 Å². The van der Waals surface area contributed by atoms with Crippen LogP contribution in [0, 0.1) is 5.92 Å². The third kappa shape index (κ3) is 5.76. The summed E-state index contributed by atoms with van der Waals surface area (Å²) in [4.78, 5) is 16.6. The summed E-state index contributed by atoms with van der Waals surface area (Å²) in [6.07, 6.45) is 4.27. The van der Waals surface area contributed by atoms with Crippen LogP contribution in [-0.2, 0) is 4.79 Å². The number of carbonyl (C=O) groups excluding carboxylic acids is 1. The Morgan fingerprint density at radius 2 is 2.10 bits per heavy atom. The summed E-state index contributed by atoms with van der Waals surface area (Å²) in [7, 11) is 2.16. The maximum atomic E-state index is 12.2. The molecule has 0 bridgehead atoms. The van der Waals surface area contributed by atoms with Gasteiger partial charge in [-0.3, -0.25) is 4.79 Å². The largest absolute Gasteiger partial charge is 0.342 e. The van der Waals surface area contributed by atoms with E-state index in [0.29, 0.717) is 24.3 Å². The number of hydrogen-bond acceptors (Lipinski definition) is 3. The van der Waals surface area contributed by atoms with Gasteiger partial charge in [0.15, 0.2) is 0 Å². The van der Waals surface area contributed by atoms with Crippen molar-refractivity contribution in [2.45, 2.75) is 38.6 Å². The van der Waals surface area contributed by atoms with Crippen molar-refractivity contribution in [2.75, 3.05) is 39.8 Å². The second-order valence-electron chi connectivity index (χ2n) is 5.85. The van der Waals surface area contributed by atoms with Crippen molar-refractivity contribution in [1.29, 1.82) is 0 Å². The van der Waals surface area contributed by atoms with Gasteiger partial charge in [0, 0.05) is 32.1 Å². The molecule has 20 heavy (non-hydrogen) atoms. The van der Waals surface area contributed by atoms with Crippen LogP contribution >= 0.6 is 24.8 Å². The van der Waals surface area contributed by atoms with Crippen LogP contribution in [0.15, 0.2) is 0 Å². The van der Waals surface area contributed by atoms with Gasteiger partial charge in [-0.05, 0) is 45.3 Å². The van der Waals surface area contributed by atoms with Crippen LogP contribution in [0.3, 0.4) is 0 Å². The van der Waals surface area contributed by atoms with Gasteiger partial charge in [-0.15, -0.1) is 24.8 Å². The molecule has 2 atom stereocenters. The van der Waals surface area contributed by atoms with Gasteiger partial charge in [0.05, 0.1) is 0 Å². The number of amides is 1. The van der Waals surface area contributed by atoms with Crippen LogP contribution < -0.4 is 5.32 Å². The first-order valence-electron chi connectivity index (χ1n) is 7.38. The predicted octanol–water partition coefficient (Wildman–Crippen LogP) is 1.77. The first-order valence-corrected chi connectivity index (χ1v) is 7.38. The average Bonchev–Trinajstić information content (AvgIpc) is 3.00. The number of halogens is 2. The van der Waals surface area contributed by atoms with E-state index in [0.717, 1.165) is 32.7 Å². The summed E-state index contributed by atoms with van der Waals surface area (Å²) in [6, 6.07) is 0.440. The maximum Gasteiger partial charge on any atom is 0.224 e. The standard InChI is InChI=1S/C14H27N3O.2ClH/c1-3-16(2)10-12-6-8-17(11-12)14(18)9-13-5-4-7-15-13;;/h12-13,15H,3-11H2,1-2H3;2*1H. The molecule has 2 aliphatic rings. The highest BCUT2D eigenvalue weighted by molar-refractivity contribution is 5.85. The Balaban J connectivity index is 0.00000180. The van der Waals surface area contributed by atoms with Crippen molar-refractivity contribution in [2.24, 2.45) is 5.92 Å². The molecule has 4 nitrogen and oxygen atoms in total. The average molecular weight is 326 g/mol. The monoisotopic (exact) mass is 325 g/mol. The van der Waals surface area contributed by atoms with Crippen LogP contribution in [0.25, 0.3) is 0 Å². The molecule has 0 aliphatic carbocycles. The molecular formula is C14H29Cl2N3O. The third-order valence-electron chi connectivity index (χ3n) is 4.33. The first-order chi connectivity index (χ1) is 8.69. The van der Waals surface area contributed by atoms with Crippen molar-refractivity contribution in [3.63, 3.8) is 0 Å². The highest BCUT2D eigenvalue weighted by Crippen LogP contribution is 2.19. The molecule has 2 rings (SSSR count). The lowest BCUT2D eigenvalue weighted by Crippen LogP contribution is -2.35. The molecule has 2 aliphatic heterocycles. The molecule has 0 spiro atoms. The molecule has 6 heteroatoms. The fourth-order valence-corrected chi connectivity index (χ4v) is 3.05. The summed E-state index contributed by atoms with van der Waals surface area (Å²) >= 11 is 0. The summed E-state index contributed by atoms with van der Waals surface area (Å²) in [5.41, 5.74) is 0. The van der Waals surface area contributed by atoms with Crippen molar-refractivity contribution >= 4 is 30.7 Å². The highest BCUT2D eigenvalue weighted by Gasteiger charge is 2.28. The molecule has 0 saturated carbocycles. The molecule has 1 N–H and O–H groups in total. The molecule has 0 aromatic carbocycles. The number of nitrogens with zero attached hydrogens (tertiary/aromatic N) is 2. The van der Waals surface area contributed by atoms with Crippen LogP contribution in [0.5, 0.6) is 0 Å². The van der Waals surface area contributed by atoms with Gasteiger partial charge < -0.3 is 15.1 Å². The van der Waals surface area contributed by atoms with Gasteiger partial charge in [0.2, 0.25) is 5.91 Å². The summed E-state index contributed by atoms with van der Waals surface area (Å²) < 4.78 is 0. The molecule has 2 unspecified atom stereocenters. The molecule has 0 aromatic rings. The Hall–Kier alpha value is -0.0300. The zero-order chi connectivity index (χ0) is 13.0. The predicted molar refractivity (Wildman–Crippen MR) is 88.0 cm³/mol. The SMILES string of the molecule is CCN(C)CC1CCN(C(=O)CC2CCCN2)C1.Cl.Cl. The fourth-order valence-electron chi connectivity index (χ4n) is 3.05. The van der Waals surface area contributed by atoms with E-state index in [4.69, 9.17) is 0 Å². The van der Waals surface area contributed by atoms with E-state index in [-0.39, 0.29) is 24.8 Å². The van der Waals surface area contributed by atoms with E-state index in [2.05, 4.69) is 29.1 Å². The molecule has 2 heterocycles. The number of rotatable bonds is 5. The molecule has 1 amide bonds. The number of likely N-dealkylation sites (tertiary alicyclic amines) is 1. The van der Waals surface area contributed by atoms with Crippen LogP contribution in [0.4, 0.5) is 0 Å². The minimum absolute atomic E-state index is 0. The normalized spacial score (nSPS) is 25.4. The Morgan fingerprint density at radius 1 is 1.35 bits per heavy atom. The third-order valence-corrected chi connectivity index (χ3v) is 4.33. The molecular weight excluding hydrogens is 297 g/mol. The van der Waals surface area contributed by atoms with E-state index in [9.17, 15) is 4.79 Å². The number of carbonyl (C=O) groups is 1. The lowest BCUT2D eigenvalue weighted by atomic mass is 10.1. The Labute approximate surface area is 135 Å². The minimum Gasteiger partial charge on any atom is -0.342 e. The molecule has 120 valence electrons. The van der Waals surface area contributed by atoms with Crippen molar-refractivity contribution in [3.05, 3.63) is 0 Å². The summed E-state index contributed by atoms with van der Waals surface area (Å²) in [5.74, 6) is 1.03. The van der Waals surface area contributed by atoms with E-state index in [1.165, 1.54) is 19.3 Å².